The van der Waals surface area contributed by atoms with E-state index in [4.69, 9.17) is 11.5 Å². The van der Waals surface area contributed by atoms with Gasteiger partial charge in [-0.25, -0.2) is 0 Å². The SMILES string of the molecule is CNC(=O)CNc1cc(N)ccc1C(N)=O. The molecule has 1 aromatic carbocycles. The molecule has 0 fully saturated rings. The molecule has 0 unspecified atom stereocenters. The van der Waals surface area contributed by atoms with Crippen LogP contribution in [0.3, 0.4) is 0 Å². The van der Waals surface area contributed by atoms with E-state index in [1.165, 1.54) is 13.1 Å². The van der Waals surface area contributed by atoms with Crippen LogP contribution in [0.1, 0.15) is 10.4 Å². The average molecular weight is 222 g/mol. The number of nitrogens with two attached hydrogens (primary N) is 2. The molecular weight excluding hydrogens is 208 g/mol. The Morgan fingerprint density at radius 3 is 2.62 bits per heavy atom. The molecule has 0 aliphatic heterocycles. The van der Waals surface area contributed by atoms with E-state index in [1.54, 1.807) is 12.1 Å². The molecular formula is C10H14N4O2. The number of rotatable bonds is 4. The van der Waals surface area contributed by atoms with Crippen LogP contribution in [0.5, 0.6) is 0 Å². The summed E-state index contributed by atoms with van der Waals surface area (Å²) in [6.07, 6.45) is 0. The first-order chi connectivity index (χ1) is 7.54. The fraction of sp³-hybridized carbons (Fsp3) is 0.200. The Balaban J connectivity index is 2.88. The van der Waals surface area contributed by atoms with Gasteiger partial charge in [0.05, 0.1) is 12.1 Å². The highest BCUT2D eigenvalue weighted by Crippen LogP contribution is 2.18. The second-order valence-electron chi connectivity index (χ2n) is 3.20. The summed E-state index contributed by atoms with van der Waals surface area (Å²) in [6.45, 7) is 0.0558. The molecule has 0 aliphatic rings. The first-order valence-corrected chi connectivity index (χ1v) is 4.68. The number of carbonyl (C=O) groups excluding carboxylic acids is 2. The minimum absolute atomic E-state index is 0.0558. The second-order valence-corrected chi connectivity index (χ2v) is 3.20. The number of nitrogen functional groups attached to an aromatic ring is 1. The Labute approximate surface area is 93.0 Å². The zero-order valence-corrected chi connectivity index (χ0v) is 8.91. The minimum atomic E-state index is -0.570. The van der Waals surface area contributed by atoms with Crippen molar-refractivity contribution in [1.82, 2.24) is 5.32 Å². The van der Waals surface area contributed by atoms with Gasteiger partial charge in [0.1, 0.15) is 0 Å². The molecule has 0 radical (unpaired) electrons. The molecule has 0 saturated heterocycles. The van der Waals surface area contributed by atoms with Crippen molar-refractivity contribution in [2.24, 2.45) is 5.73 Å². The van der Waals surface area contributed by atoms with Crippen LogP contribution in [-0.2, 0) is 4.79 Å². The average Bonchev–Trinajstić information content (AvgIpc) is 2.25. The first kappa shape index (κ1) is 11.8. The molecule has 1 aromatic rings. The van der Waals surface area contributed by atoms with Gasteiger partial charge in [0.25, 0.3) is 5.91 Å². The van der Waals surface area contributed by atoms with Crippen molar-refractivity contribution < 1.29 is 9.59 Å². The van der Waals surface area contributed by atoms with Crippen molar-refractivity contribution in [3.63, 3.8) is 0 Å². The Morgan fingerprint density at radius 2 is 2.06 bits per heavy atom. The maximum atomic E-state index is 11.1. The van der Waals surface area contributed by atoms with Gasteiger partial charge >= 0.3 is 0 Å². The van der Waals surface area contributed by atoms with Crippen LogP contribution >= 0.6 is 0 Å². The highest BCUT2D eigenvalue weighted by atomic mass is 16.2. The van der Waals surface area contributed by atoms with Gasteiger partial charge in [-0.3, -0.25) is 9.59 Å². The molecule has 6 N–H and O–H groups in total. The van der Waals surface area contributed by atoms with E-state index >= 15 is 0 Å². The van der Waals surface area contributed by atoms with Crippen molar-refractivity contribution in [2.45, 2.75) is 0 Å². The highest BCUT2D eigenvalue weighted by Gasteiger charge is 2.08. The topological polar surface area (TPSA) is 110 Å². The number of anilines is 2. The molecule has 6 nitrogen and oxygen atoms in total. The number of amides is 2. The van der Waals surface area contributed by atoms with Crippen LogP contribution < -0.4 is 22.1 Å². The second kappa shape index (κ2) is 5.01. The van der Waals surface area contributed by atoms with E-state index in [2.05, 4.69) is 10.6 Å². The zero-order valence-electron chi connectivity index (χ0n) is 8.91. The van der Waals surface area contributed by atoms with Gasteiger partial charge in [-0.1, -0.05) is 0 Å². The molecule has 0 saturated carbocycles. The molecule has 6 heteroatoms. The Morgan fingerprint density at radius 1 is 1.38 bits per heavy atom. The normalized spacial score (nSPS) is 9.56. The summed E-state index contributed by atoms with van der Waals surface area (Å²) < 4.78 is 0. The lowest BCUT2D eigenvalue weighted by atomic mass is 10.1. The molecule has 16 heavy (non-hydrogen) atoms. The lowest BCUT2D eigenvalue weighted by Crippen LogP contribution is -2.27. The quantitative estimate of drug-likeness (QED) is 0.516. The summed E-state index contributed by atoms with van der Waals surface area (Å²) in [6, 6.07) is 4.65. The number of benzene rings is 1. The molecule has 0 heterocycles. The lowest BCUT2D eigenvalue weighted by molar-refractivity contribution is -0.118. The summed E-state index contributed by atoms with van der Waals surface area (Å²) in [5, 5.41) is 5.24. The van der Waals surface area contributed by atoms with Gasteiger partial charge in [0, 0.05) is 18.4 Å². The van der Waals surface area contributed by atoms with E-state index in [-0.39, 0.29) is 12.5 Å². The van der Waals surface area contributed by atoms with Crippen molar-refractivity contribution in [3.8, 4) is 0 Å². The van der Waals surface area contributed by atoms with Gasteiger partial charge < -0.3 is 22.1 Å². The fourth-order valence-corrected chi connectivity index (χ4v) is 1.19. The predicted molar refractivity (Wildman–Crippen MR) is 61.9 cm³/mol. The van der Waals surface area contributed by atoms with E-state index in [0.29, 0.717) is 16.9 Å². The van der Waals surface area contributed by atoms with Crippen LogP contribution in [0.2, 0.25) is 0 Å². The molecule has 0 aliphatic carbocycles. The summed E-state index contributed by atoms with van der Waals surface area (Å²) in [7, 11) is 1.53. The van der Waals surface area contributed by atoms with Gasteiger partial charge in [0.15, 0.2) is 0 Å². The number of hydrogen-bond acceptors (Lipinski definition) is 4. The third-order valence-corrected chi connectivity index (χ3v) is 2.03. The number of hydrogen-bond donors (Lipinski definition) is 4. The highest BCUT2D eigenvalue weighted by molar-refractivity contribution is 5.99. The molecule has 86 valence electrons. The molecule has 1 rings (SSSR count). The van der Waals surface area contributed by atoms with Crippen LogP contribution in [0.25, 0.3) is 0 Å². The van der Waals surface area contributed by atoms with Crippen molar-refractivity contribution in [1.29, 1.82) is 0 Å². The van der Waals surface area contributed by atoms with E-state index in [0.717, 1.165) is 0 Å². The van der Waals surface area contributed by atoms with Crippen molar-refractivity contribution in [2.75, 3.05) is 24.6 Å². The van der Waals surface area contributed by atoms with Crippen molar-refractivity contribution in [3.05, 3.63) is 23.8 Å². The van der Waals surface area contributed by atoms with Crippen LogP contribution in [0.15, 0.2) is 18.2 Å². The molecule has 0 aromatic heterocycles. The summed E-state index contributed by atoms with van der Waals surface area (Å²) in [4.78, 5) is 22.1. The van der Waals surface area contributed by atoms with Gasteiger partial charge in [-0.05, 0) is 18.2 Å². The van der Waals surface area contributed by atoms with Crippen LogP contribution in [0, 0.1) is 0 Å². The maximum absolute atomic E-state index is 11.1. The minimum Gasteiger partial charge on any atom is -0.399 e. The molecule has 0 bridgehead atoms. The Hall–Kier alpha value is -2.24. The number of primary amides is 1. The van der Waals surface area contributed by atoms with E-state index in [1.807, 2.05) is 0 Å². The smallest absolute Gasteiger partial charge is 0.250 e. The van der Waals surface area contributed by atoms with Gasteiger partial charge in [-0.15, -0.1) is 0 Å². The van der Waals surface area contributed by atoms with Crippen molar-refractivity contribution >= 4 is 23.2 Å². The van der Waals surface area contributed by atoms with E-state index < -0.39 is 5.91 Å². The van der Waals surface area contributed by atoms with Gasteiger partial charge in [-0.2, -0.15) is 0 Å². The number of likely N-dealkylation sites (N-methyl/N-ethyl adjacent to an activating group) is 1. The van der Waals surface area contributed by atoms with E-state index in [9.17, 15) is 9.59 Å². The van der Waals surface area contributed by atoms with Crippen LogP contribution in [-0.4, -0.2) is 25.4 Å². The largest absolute Gasteiger partial charge is 0.399 e. The third-order valence-electron chi connectivity index (χ3n) is 2.03. The zero-order chi connectivity index (χ0) is 12.1. The Kier molecular flexibility index (Phi) is 3.71. The summed E-state index contributed by atoms with van der Waals surface area (Å²) in [5.41, 5.74) is 12.0. The molecule has 0 atom stereocenters. The van der Waals surface area contributed by atoms with Crippen LogP contribution in [0.4, 0.5) is 11.4 Å². The first-order valence-electron chi connectivity index (χ1n) is 4.68. The summed E-state index contributed by atoms with van der Waals surface area (Å²) in [5.74, 6) is -0.766. The number of nitrogens with one attached hydrogen (secondary N) is 2. The number of carbonyl (C=O) groups is 2. The summed E-state index contributed by atoms with van der Waals surface area (Å²) >= 11 is 0. The standard InChI is InChI=1S/C10H14N4O2/c1-13-9(15)5-14-8-4-6(11)2-3-7(8)10(12)16/h2-4,14H,5,11H2,1H3,(H2,12,16)(H,13,15). The van der Waals surface area contributed by atoms with Gasteiger partial charge in [0.2, 0.25) is 5.91 Å². The maximum Gasteiger partial charge on any atom is 0.250 e. The molecule has 2 amide bonds. The monoisotopic (exact) mass is 222 g/mol. The fourth-order valence-electron chi connectivity index (χ4n) is 1.19. The third kappa shape index (κ3) is 2.88. The molecule has 0 spiro atoms. The predicted octanol–water partition coefficient (Wildman–Crippen LogP) is -0.474. The Bertz CT molecular complexity index is 417. The lowest BCUT2D eigenvalue weighted by Gasteiger charge is -2.10.